The number of nitrogens with one attached hydrogen (secondary N) is 1. The molecular formula is C31H36FN3O5. The lowest BCUT2D eigenvalue weighted by Crippen LogP contribution is -2.39. The highest BCUT2D eigenvalue weighted by atomic mass is 19.1. The quantitative estimate of drug-likeness (QED) is 0.442. The van der Waals surface area contributed by atoms with Crippen LogP contribution in [0.3, 0.4) is 0 Å². The Labute approximate surface area is 234 Å². The average Bonchev–Trinajstić information content (AvgIpc) is 3.39. The smallest absolute Gasteiger partial charge is 0.272 e. The van der Waals surface area contributed by atoms with Crippen LogP contribution in [0.25, 0.3) is 0 Å². The van der Waals surface area contributed by atoms with E-state index in [1.54, 1.807) is 29.2 Å². The molecule has 3 heterocycles. The van der Waals surface area contributed by atoms with Gasteiger partial charge < -0.3 is 29.7 Å². The van der Waals surface area contributed by atoms with E-state index in [0.717, 1.165) is 36.9 Å². The normalized spacial score (nSPS) is 18.6. The van der Waals surface area contributed by atoms with Crippen LogP contribution in [0.15, 0.2) is 53.9 Å². The number of rotatable bonds is 8. The molecular weight excluding hydrogens is 513 g/mol. The van der Waals surface area contributed by atoms with E-state index in [-0.39, 0.29) is 42.3 Å². The van der Waals surface area contributed by atoms with Crippen molar-refractivity contribution >= 4 is 28.9 Å². The summed E-state index contributed by atoms with van der Waals surface area (Å²) in [7, 11) is 0. The summed E-state index contributed by atoms with van der Waals surface area (Å²) in [6.45, 7) is 5.46. The van der Waals surface area contributed by atoms with E-state index < -0.39 is 0 Å². The van der Waals surface area contributed by atoms with Crippen molar-refractivity contribution in [3.05, 3.63) is 70.8 Å². The zero-order valence-corrected chi connectivity index (χ0v) is 23.0. The van der Waals surface area contributed by atoms with Gasteiger partial charge in [-0.25, -0.2) is 4.39 Å². The van der Waals surface area contributed by atoms with Crippen LogP contribution in [0.1, 0.15) is 55.5 Å². The molecule has 0 unspecified atom stereocenters. The Morgan fingerprint density at radius 3 is 2.75 bits per heavy atom. The molecule has 9 heteroatoms. The van der Waals surface area contributed by atoms with E-state index >= 15 is 0 Å². The number of hydrogen-bond acceptors (Lipinski definition) is 6. The van der Waals surface area contributed by atoms with Gasteiger partial charge in [0.05, 0.1) is 23.5 Å². The summed E-state index contributed by atoms with van der Waals surface area (Å²) in [5.41, 5.74) is 4.44. The highest BCUT2D eigenvalue weighted by Crippen LogP contribution is 2.44. The van der Waals surface area contributed by atoms with Gasteiger partial charge in [-0.2, -0.15) is 0 Å². The molecule has 40 heavy (non-hydrogen) atoms. The number of ether oxygens (including phenoxy) is 2. The number of halogens is 1. The van der Waals surface area contributed by atoms with E-state index in [4.69, 9.17) is 9.47 Å². The van der Waals surface area contributed by atoms with Gasteiger partial charge in [0.25, 0.3) is 11.8 Å². The molecule has 2 amide bonds. The van der Waals surface area contributed by atoms with Crippen LogP contribution in [0, 0.1) is 11.7 Å². The fourth-order valence-electron chi connectivity index (χ4n) is 5.71. The van der Waals surface area contributed by atoms with E-state index in [1.165, 1.54) is 12.1 Å². The number of allylic oxidation sites excluding steroid dienone is 3. The fraction of sp³-hybridized carbons (Fsp3) is 0.419. The minimum absolute atomic E-state index is 0.00218. The summed E-state index contributed by atoms with van der Waals surface area (Å²) >= 11 is 0. The van der Waals surface area contributed by atoms with Crippen molar-refractivity contribution in [2.24, 2.45) is 5.92 Å². The number of hydrogen-bond donors (Lipinski definition) is 2. The number of unbranched alkanes of at least 4 members (excludes halogenated alkanes) is 1. The second-order valence-electron chi connectivity index (χ2n) is 10.2. The molecule has 8 nitrogen and oxygen atoms in total. The van der Waals surface area contributed by atoms with Gasteiger partial charge in [0, 0.05) is 43.1 Å². The topological polar surface area (TPSA) is 91.3 Å². The summed E-state index contributed by atoms with van der Waals surface area (Å²) < 4.78 is 25.4. The Balaban J connectivity index is 1.61. The Hall–Kier alpha value is -3.69. The van der Waals surface area contributed by atoms with E-state index in [0.29, 0.717) is 54.7 Å². The van der Waals surface area contributed by atoms with Crippen molar-refractivity contribution in [1.82, 2.24) is 0 Å². The van der Waals surface area contributed by atoms with Crippen molar-refractivity contribution in [3.63, 3.8) is 0 Å². The number of aliphatic hydroxyl groups is 1. The molecule has 2 aromatic carbocycles. The molecule has 0 aliphatic carbocycles. The summed E-state index contributed by atoms with van der Waals surface area (Å²) in [5, 5.41) is 12.5. The van der Waals surface area contributed by atoms with Gasteiger partial charge in [-0.1, -0.05) is 25.5 Å². The van der Waals surface area contributed by atoms with Gasteiger partial charge in [-0.15, -0.1) is 0 Å². The van der Waals surface area contributed by atoms with Crippen LogP contribution in [-0.2, 0) is 16.0 Å². The lowest BCUT2D eigenvalue weighted by molar-refractivity contribution is -0.113. The monoisotopic (exact) mass is 549 g/mol. The van der Waals surface area contributed by atoms with Gasteiger partial charge >= 0.3 is 0 Å². The number of fused-ring (bicyclic) bond motifs is 2. The van der Waals surface area contributed by atoms with Crippen molar-refractivity contribution < 1.29 is 28.6 Å². The number of amides is 2. The SMILES string of the molecule is C/C=C1/C(=O)Nc2cc(C(=O)N3CCc4cc(F)ccc43)c(OCCO)cc2N1/C(=C/CCC)C1CCOCC1. The predicted molar refractivity (Wildman–Crippen MR) is 152 cm³/mol. The third-order valence-electron chi connectivity index (χ3n) is 7.64. The summed E-state index contributed by atoms with van der Waals surface area (Å²) in [6.07, 6.45) is 8.06. The Bertz CT molecular complexity index is 1350. The summed E-state index contributed by atoms with van der Waals surface area (Å²) in [4.78, 5) is 30.9. The molecule has 0 atom stereocenters. The van der Waals surface area contributed by atoms with Crippen LogP contribution >= 0.6 is 0 Å². The molecule has 0 spiro atoms. The second kappa shape index (κ2) is 12.2. The number of carbonyl (C=O) groups is 2. The van der Waals surface area contributed by atoms with E-state index in [9.17, 15) is 19.1 Å². The maximum Gasteiger partial charge on any atom is 0.272 e. The number of carbonyl (C=O) groups excluding carboxylic acids is 2. The molecule has 2 N–H and O–H groups in total. The lowest BCUT2D eigenvalue weighted by atomic mass is 9.92. The summed E-state index contributed by atoms with van der Waals surface area (Å²) in [6, 6.07) is 7.85. The maximum atomic E-state index is 13.9. The molecule has 5 rings (SSSR count). The number of benzene rings is 2. The lowest BCUT2D eigenvalue weighted by Gasteiger charge is -2.39. The molecule has 0 bridgehead atoms. The highest BCUT2D eigenvalue weighted by Gasteiger charge is 2.36. The largest absolute Gasteiger partial charge is 0.490 e. The van der Waals surface area contributed by atoms with Gasteiger partial charge in [0.15, 0.2) is 0 Å². The number of anilines is 3. The van der Waals surface area contributed by atoms with Gasteiger partial charge in [0.1, 0.15) is 23.9 Å². The number of nitrogens with zero attached hydrogens (tertiary/aromatic N) is 2. The van der Waals surface area contributed by atoms with Crippen LogP contribution < -0.4 is 19.9 Å². The molecule has 0 radical (unpaired) electrons. The average molecular weight is 550 g/mol. The highest BCUT2D eigenvalue weighted by molar-refractivity contribution is 6.15. The Morgan fingerprint density at radius 2 is 2.02 bits per heavy atom. The molecule has 2 aromatic rings. The van der Waals surface area contributed by atoms with Crippen LogP contribution in [0.2, 0.25) is 0 Å². The van der Waals surface area contributed by atoms with Crippen molar-refractivity contribution in [2.45, 2.75) is 46.0 Å². The maximum absolute atomic E-state index is 13.9. The minimum Gasteiger partial charge on any atom is -0.490 e. The van der Waals surface area contributed by atoms with Gasteiger partial charge in [0.2, 0.25) is 0 Å². The molecule has 1 saturated heterocycles. The standard InChI is InChI=1S/C31H36FN3O5/c1-3-5-6-27(20-10-14-39-15-11-20)35-25(4-2)30(37)33-24-18-23(29(19-28(24)35)40-16-13-36)31(38)34-12-9-21-17-22(32)7-8-26(21)34/h4,6-8,17-20,36H,3,5,9-16H2,1-2H3,(H,33,37)/b25-4-,27-6+. The van der Waals surface area contributed by atoms with Crippen molar-refractivity contribution in [2.75, 3.05) is 48.1 Å². The molecule has 0 aromatic heterocycles. The third kappa shape index (κ3) is 5.36. The molecule has 3 aliphatic heterocycles. The Morgan fingerprint density at radius 1 is 1.23 bits per heavy atom. The van der Waals surface area contributed by atoms with Gasteiger partial charge in [-0.3, -0.25) is 9.59 Å². The zero-order valence-electron chi connectivity index (χ0n) is 23.0. The fourth-order valence-corrected chi connectivity index (χ4v) is 5.71. The first-order valence-electron chi connectivity index (χ1n) is 14.0. The van der Waals surface area contributed by atoms with Crippen molar-refractivity contribution in [1.29, 1.82) is 0 Å². The van der Waals surface area contributed by atoms with Gasteiger partial charge in [-0.05, 0) is 62.4 Å². The third-order valence-corrected chi connectivity index (χ3v) is 7.64. The van der Waals surface area contributed by atoms with Crippen LogP contribution in [-0.4, -0.2) is 49.9 Å². The first-order chi connectivity index (χ1) is 19.5. The first kappa shape index (κ1) is 27.9. The van der Waals surface area contributed by atoms with Crippen LogP contribution in [0.5, 0.6) is 5.75 Å². The summed E-state index contributed by atoms with van der Waals surface area (Å²) in [5.74, 6) is -0.392. The van der Waals surface area contributed by atoms with Crippen molar-refractivity contribution in [3.8, 4) is 5.75 Å². The first-order valence-corrected chi connectivity index (χ1v) is 14.0. The van der Waals surface area contributed by atoms with E-state index in [2.05, 4.69) is 18.3 Å². The number of aliphatic hydroxyl groups excluding tert-OH is 1. The van der Waals surface area contributed by atoms with E-state index in [1.807, 2.05) is 11.8 Å². The minimum atomic E-state index is -0.340. The molecule has 212 valence electrons. The molecule has 3 aliphatic rings. The molecule has 1 fully saturated rings. The zero-order chi connectivity index (χ0) is 28.2. The van der Waals surface area contributed by atoms with Crippen LogP contribution in [0.4, 0.5) is 21.5 Å². The predicted octanol–water partition coefficient (Wildman–Crippen LogP) is 5.17. The Kier molecular flexibility index (Phi) is 8.52. The second-order valence-corrected chi connectivity index (χ2v) is 10.2. The molecule has 0 saturated carbocycles.